The minimum absolute atomic E-state index is 0.180. The topological polar surface area (TPSA) is 79.5 Å². The highest BCUT2D eigenvalue weighted by atomic mass is 35.5. The van der Waals surface area contributed by atoms with Crippen LogP contribution in [-0.2, 0) is 14.3 Å². The van der Waals surface area contributed by atoms with Crippen molar-refractivity contribution in [2.45, 2.75) is 26.0 Å². The predicted molar refractivity (Wildman–Crippen MR) is 81.6 cm³/mol. The minimum Gasteiger partial charge on any atom is -0.375 e. The van der Waals surface area contributed by atoms with Crippen molar-refractivity contribution < 1.29 is 14.3 Å². The van der Waals surface area contributed by atoms with Crippen LogP contribution in [0.25, 0.3) is 0 Å². The van der Waals surface area contributed by atoms with E-state index in [1.165, 1.54) is 6.92 Å². The molecule has 1 aromatic carbocycles. The molecule has 0 saturated carbocycles. The van der Waals surface area contributed by atoms with Gasteiger partial charge in [0.2, 0.25) is 11.8 Å². The van der Waals surface area contributed by atoms with Crippen LogP contribution in [-0.4, -0.2) is 37.1 Å². The highest BCUT2D eigenvalue weighted by Crippen LogP contribution is 2.26. The van der Waals surface area contributed by atoms with E-state index in [4.69, 9.17) is 16.3 Å². The highest BCUT2D eigenvalue weighted by Gasteiger charge is 2.28. The molecule has 0 aliphatic carbocycles. The van der Waals surface area contributed by atoms with E-state index in [1.807, 2.05) is 6.92 Å². The fourth-order valence-corrected chi connectivity index (χ4v) is 2.36. The number of amides is 2. The summed E-state index contributed by atoms with van der Waals surface area (Å²) in [4.78, 5) is 23.2. The van der Waals surface area contributed by atoms with Crippen LogP contribution >= 0.6 is 11.6 Å². The molecule has 1 aliphatic rings. The van der Waals surface area contributed by atoms with E-state index in [-0.39, 0.29) is 17.9 Å². The second-order valence-electron chi connectivity index (χ2n) is 4.87. The molecule has 1 fully saturated rings. The van der Waals surface area contributed by atoms with Crippen molar-refractivity contribution in [2.24, 2.45) is 0 Å². The zero-order valence-corrected chi connectivity index (χ0v) is 12.7. The first-order chi connectivity index (χ1) is 9.97. The van der Waals surface area contributed by atoms with E-state index in [0.29, 0.717) is 29.5 Å². The van der Waals surface area contributed by atoms with Crippen LogP contribution in [0.4, 0.5) is 11.4 Å². The van der Waals surface area contributed by atoms with Crippen LogP contribution in [0.3, 0.4) is 0 Å². The average molecular weight is 312 g/mol. The Morgan fingerprint density at radius 1 is 1.38 bits per heavy atom. The summed E-state index contributed by atoms with van der Waals surface area (Å²) in [6.45, 7) is 4.49. The highest BCUT2D eigenvalue weighted by molar-refractivity contribution is 6.34. The van der Waals surface area contributed by atoms with Gasteiger partial charge in [-0.2, -0.15) is 0 Å². The third kappa shape index (κ3) is 4.17. The van der Waals surface area contributed by atoms with Crippen molar-refractivity contribution in [1.82, 2.24) is 5.32 Å². The molecule has 114 valence electrons. The summed E-state index contributed by atoms with van der Waals surface area (Å²) in [5.41, 5.74) is 1.08. The summed E-state index contributed by atoms with van der Waals surface area (Å²) in [5, 5.41) is 8.86. The molecule has 2 amide bonds. The summed E-state index contributed by atoms with van der Waals surface area (Å²) < 4.78 is 5.44. The number of morpholine rings is 1. The lowest BCUT2D eigenvalue weighted by atomic mass is 10.1. The monoisotopic (exact) mass is 311 g/mol. The van der Waals surface area contributed by atoms with Crippen molar-refractivity contribution in [3.63, 3.8) is 0 Å². The number of rotatable bonds is 3. The Bertz CT molecular complexity index is 550. The molecule has 1 aromatic rings. The van der Waals surface area contributed by atoms with Crippen LogP contribution < -0.4 is 16.0 Å². The zero-order valence-electron chi connectivity index (χ0n) is 11.9. The van der Waals surface area contributed by atoms with Gasteiger partial charge in [-0.3, -0.25) is 9.59 Å². The van der Waals surface area contributed by atoms with E-state index < -0.39 is 6.04 Å². The Labute approximate surface area is 128 Å². The van der Waals surface area contributed by atoms with E-state index in [0.717, 1.165) is 0 Å². The molecule has 7 heteroatoms. The van der Waals surface area contributed by atoms with Crippen LogP contribution in [0.1, 0.15) is 13.8 Å². The molecular weight excluding hydrogens is 294 g/mol. The van der Waals surface area contributed by atoms with Gasteiger partial charge < -0.3 is 20.7 Å². The first kappa shape index (κ1) is 15.8. The number of ether oxygens (including phenoxy) is 1. The lowest BCUT2D eigenvalue weighted by molar-refractivity contribution is -0.123. The third-order valence-electron chi connectivity index (χ3n) is 3.15. The van der Waals surface area contributed by atoms with E-state index in [9.17, 15) is 9.59 Å². The largest absolute Gasteiger partial charge is 0.375 e. The standard InChI is InChI=1S/C14H18ClN3O3/c1-8-13(16-5-6-21-8)14(20)18-12-4-3-10(7-11(12)15)17-9(2)19/h3-4,7-8,13,16H,5-6H2,1-2H3,(H,17,19)(H,18,20)/t8-,13+/m1/s1. The van der Waals surface area contributed by atoms with Gasteiger partial charge in [0.25, 0.3) is 0 Å². The molecule has 21 heavy (non-hydrogen) atoms. The zero-order chi connectivity index (χ0) is 15.4. The van der Waals surface area contributed by atoms with Crippen LogP contribution in [0, 0.1) is 0 Å². The van der Waals surface area contributed by atoms with Crippen molar-refractivity contribution >= 4 is 34.8 Å². The molecule has 0 aromatic heterocycles. The van der Waals surface area contributed by atoms with E-state index in [2.05, 4.69) is 16.0 Å². The Kier molecular flexibility index (Phi) is 5.17. The third-order valence-corrected chi connectivity index (χ3v) is 3.46. The number of carbonyl (C=O) groups is 2. The molecule has 3 N–H and O–H groups in total. The SMILES string of the molecule is CC(=O)Nc1ccc(NC(=O)[C@H]2NCCO[C@@H]2C)c(Cl)c1. The molecule has 0 spiro atoms. The second-order valence-corrected chi connectivity index (χ2v) is 5.28. The van der Waals surface area contributed by atoms with E-state index in [1.54, 1.807) is 18.2 Å². The molecule has 1 saturated heterocycles. The quantitative estimate of drug-likeness (QED) is 0.792. The minimum atomic E-state index is -0.412. The summed E-state index contributed by atoms with van der Waals surface area (Å²) >= 11 is 6.11. The lowest BCUT2D eigenvalue weighted by Gasteiger charge is -2.29. The Morgan fingerprint density at radius 2 is 2.14 bits per heavy atom. The molecule has 2 atom stereocenters. The summed E-state index contributed by atoms with van der Waals surface area (Å²) in [5.74, 6) is -0.378. The normalized spacial score (nSPS) is 21.7. The van der Waals surface area contributed by atoms with E-state index >= 15 is 0 Å². The summed E-state index contributed by atoms with van der Waals surface area (Å²) in [7, 11) is 0. The van der Waals surface area contributed by atoms with Crippen molar-refractivity contribution in [3.05, 3.63) is 23.2 Å². The Balaban J connectivity index is 2.05. The summed E-state index contributed by atoms with van der Waals surface area (Å²) in [6.07, 6.45) is -0.198. The van der Waals surface area contributed by atoms with Gasteiger partial charge in [0, 0.05) is 19.2 Å². The Hall–Kier alpha value is -1.63. The van der Waals surface area contributed by atoms with Gasteiger partial charge in [-0.1, -0.05) is 11.6 Å². The van der Waals surface area contributed by atoms with Crippen molar-refractivity contribution in [3.8, 4) is 0 Å². The van der Waals surface area contributed by atoms with Gasteiger partial charge in [-0.05, 0) is 25.1 Å². The number of nitrogens with one attached hydrogen (secondary N) is 3. The molecule has 1 aliphatic heterocycles. The maximum absolute atomic E-state index is 12.2. The Morgan fingerprint density at radius 3 is 2.76 bits per heavy atom. The first-order valence-electron chi connectivity index (χ1n) is 6.70. The maximum Gasteiger partial charge on any atom is 0.244 e. The molecule has 0 bridgehead atoms. The molecule has 6 nitrogen and oxygen atoms in total. The van der Waals surface area contributed by atoms with Crippen LogP contribution in [0.2, 0.25) is 5.02 Å². The molecule has 1 heterocycles. The molecule has 0 unspecified atom stereocenters. The smallest absolute Gasteiger partial charge is 0.244 e. The maximum atomic E-state index is 12.2. The second kappa shape index (κ2) is 6.89. The predicted octanol–water partition coefficient (Wildman–Crippen LogP) is 1.61. The van der Waals surface area contributed by atoms with Gasteiger partial charge in [0.05, 0.1) is 23.4 Å². The molecule has 2 rings (SSSR count). The van der Waals surface area contributed by atoms with Crippen molar-refractivity contribution in [2.75, 3.05) is 23.8 Å². The number of anilines is 2. The average Bonchev–Trinajstić information content (AvgIpc) is 2.41. The fourth-order valence-electron chi connectivity index (χ4n) is 2.14. The number of benzene rings is 1. The van der Waals surface area contributed by atoms with Gasteiger partial charge in [0.15, 0.2) is 0 Å². The molecule has 0 radical (unpaired) electrons. The van der Waals surface area contributed by atoms with Crippen LogP contribution in [0.5, 0.6) is 0 Å². The van der Waals surface area contributed by atoms with Gasteiger partial charge >= 0.3 is 0 Å². The summed E-state index contributed by atoms with van der Waals surface area (Å²) in [6, 6.07) is 4.51. The number of hydrogen-bond donors (Lipinski definition) is 3. The number of hydrogen-bond acceptors (Lipinski definition) is 4. The molecular formula is C14H18ClN3O3. The lowest BCUT2D eigenvalue weighted by Crippen LogP contribution is -2.53. The number of halogens is 1. The fraction of sp³-hybridized carbons (Fsp3) is 0.429. The van der Waals surface area contributed by atoms with Crippen molar-refractivity contribution in [1.29, 1.82) is 0 Å². The van der Waals surface area contributed by atoms with Gasteiger partial charge in [-0.25, -0.2) is 0 Å². The van der Waals surface area contributed by atoms with Gasteiger partial charge in [-0.15, -0.1) is 0 Å². The first-order valence-corrected chi connectivity index (χ1v) is 7.08. The van der Waals surface area contributed by atoms with Gasteiger partial charge in [0.1, 0.15) is 6.04 Å². The van der Waals surface area contributed by atoms with Crippen LogP contribution in [0.15, 0.2) is 18.2 Å². The number of carbonyl (C=O) groups excluding carboxylic acids is 2.